The molecule has 0 aliphatic heterocycles. The van der Waals surface area contributed by atoms with E-state index in [-0.39, 0.29) is 5.41 Å². The van der Waals surface area contributed by atoms with E-state index in [9.17, 15) is 0 Å². The monoisotopic (exact) mass is 133 g/mol. The van der Waals surface area contributed by atoms with E-state index < -0.39 is 0 Å². The molecule has 0 unspecified atom stereocenters. The van der Waals surface area contributed by atoms with Crippen LogP contribution in [0.1, 0.15) is 26.3 Å². The molecule has 0 amide bonds. The number of aromatic nitrogens is 1. The van der Waals surface area contributed by atoms with E-state index in [1.807, 2.05) is 6.07 Å². The van der Waals surface area contributed by atoms with Crippen LogP contribution in [0.2, 0.25) is 0 Å². The van der Waals surface area contributed by atoms with Crippen molar-refractivity contribution < 1.29 is 0 Å². The van der Waals surface area contributed by atoms with Crippen LogP contribution in [0.25, 0.3) is 0 Å². The minimum atomic E-state index is 0.166. The summed E-state index contributed by atoms with van der Waals surface area (Å²) in [6, 6.07) is 4.94. The van der Waals surface area contributed by atoms with Gasteiger partial charge in [0, 0.05) is 12.3 Å². The highest BCUT2D eigenvalue weighted by atomic mass is 14.6. The molecule has 1 rings (SSSR count). The van der Waals surface area contributed by atoms with E-state index in [0.29, 0.717) is 0 Å². The van der Waals surface area contributed by atoms with Crippen LogP contribution in [0.4, 0.5) is 0 Å². The summed E-state index contributed by atoms with van der Waals surface area (Å²) in [7, 11) is 0. The van der Waals surface area contributed by atoms with Crippen molar-refractivity contribution in [2.75, 3.05) is 0 Å². The van der Waals surface area contributed by atoms with Crippen LogP contribution in [-0.2, 0) is 5.41 Å². The predicted octanol–water partition coefficient (Wildman–Crippen LogP) is 1.98. The molecule has 1 heteroatoms. The first-order chi connectivity index (χ1) is 4.61. The molecule has 0 saturated carbocycles. The van der Waals surface area contributed by atoms with Crippen molar-refractivity contribution in [1.29, 1.82) is 0 Å². The van der Waals surface area contributed by atoms with Crippen molar-refractivity contribution in [3.8, 4) is 0 Å². The van der Waals surface area contributed by atoms with Crippen molar-refractivity contribution >= 4 is 0 Å². The van der Waals surface area contributed by atoms with E-state index in [1.165, 1.54) is 0 Å². The molecule has 0 N–H and O–H groups in total. The molecule has 0 spiro atoms. The summed E-state index contributed by atoms with van der Waals surface area (Å²) >= 11 is 0. The highest BCUT2D eigenvalue weighted by molar-refractivity contribution is 5.16. The smallest absolute Gasteiger partial charge is 0.0889 e. The zero-order chi connectivity index (χ0) is 7.61. The molecule has 1 aromatic heterocycles. The Bertz CT molecular complexity index is 196. The lowest BCUT2D eigenvalue weighted by Crippen LogP contribution is -2.10. The van der Waals surface area contributed by atoms with Gasteiger partial charge in [0.1, 0.15) is 0 Å². The fourth-order valence-electron chi connectivity index (χ4n) is 0.716. The van der Waals surface area contributed by atoms with Gasteiger partial charge >= 0.3 is 0 Å². The fourth-order valence-corrected chi connectivity index (χ4v) is 0.716. The van der Waals surface area contributed by atoms with Crippen LogP contribution < -0.4 is 0 Å². The molecule has 1 nitrogen and oxygen atoms in total. The van der Waals surface area contributed by atoms with Crippen LogP contribution in [0, 0.1) is 12.3 Å². The Hall–Kier alpha value is -0.850. The molecule has 0 saturated heterocycles. The van der Waals surface area contributed by atoms with Gasteiger partial charge in [-0.1, -0.05) is 20.8 Å². The Morgan fingerprint density at radius 1 is 1.40 bits per heavy atom. The largest absolute Gasteiger partial charge is 0.254 e. The minimum absolute atomic E-state index is 0.166. The first kappa shape index (κ1) is 7.26. The third-order valence-electron chi connectivity index (χ3n) is 1.38. The summed E-state index contributed by atoms with van der Waals surface area (Å²) < 4.78 is 0. The van der Waals surface area contributed by atoms with Crippen LogP contribution in [0.3, 0.4) is 0 Å². The lowest BCUT2D eigenvalue weighted by molar-refractivity contribution is 0.588. The maximum atomic E-state index is 3.78. The molecule has 0 aliphatic carbocycles. The molecule has 52 valence electrons. The average Bonchev–Trinajstić information content (AvgIpc) is 1.88. The van der Waals surface area contributed by atoms with Gasteiger partial charge in [-0.25, -0.2) is 0 Å². The van der Waals surface area contributed by atoms with Gasteiger partial charge < -0.3 is 0 Å². The second-order valence-corrected chi connectivity index (χ2v) is 3.34. The summed E-state index contributed by atoms with van der Waals surface area (Å²) in [5.74, 6) is 0. The van der Waals surface area contributed by atoms with E-state index in [4.69, 9.17) is 0 Å². The topological polar surface area (TPSA) is 12.9 Å². The summed E-state index contributed by atoms with van der Waals surface area (Å²) in [6.07, 6.45) is 4.44. The van der Waals surface area contributed by atoms with Gasteiger partial charge in [-0.3, -0.25) is 4.98 Å². The molecule has 0 bridgehead atoms. The summed E-state index contributed by atoms with van der Waals surface area (Å²) in [5.41, 5.74) is 1.32. The summed E-state index contributed by atoms with van der Waals surface area (Å²) in [6.45, 7) is 6.44. The number of rotatable bonds is 0. The van der Waals surface area contributed by atoms with Crippen LogP contribution in [-0.4, -0.2) is 4.98 Å². The van der Waals surface area contributed by atoms with E-state index >= 15 is 0 Å². The Kier molecular flexibility index (Phi) is 1.75. The normalized spacial score (nSPS) is 11.5. The van der Waals surface area contributed by atoms with Gasteiger partial charge in [-0.05, 0) is 17.0 Å². The third-order valence-corrected chi connectivity index (χ3v) is 1.38. The van der Waals surface area contributed by atoms with Crippen LogP contribution in [0.15, 0.2) is 12.3 Å². The SMILES string of the molecule is CC(C)(C)c1[c]cn[c]c1. The van der Waals surface area contributed by atoms with Gasteiger partial charge in [0.2, 0.25) is 0 Å². The molecule has 2 radical (unpaired) electrons. The Labute approximate surface area is 62.1 Å². The van der Waals surface area contributed by atoms with E-state index in [1.54, 1.807) is 6.20 Å². The van der Waals surface area contributed by atoms with Crippen molar-refractivity contribution in [3.63, 3.8) is 0 Å². The molecule has 0 aliphatic rings. The average molecular weight is 133 g/mol. The van der Waals surface area contributed by atoms with E-state index in [0.717, 1.165) is 5.56 Å². The molecule has 0 aromatic carbocycles. The zero-order valence-corrected chi connectivity index (χ0v) is 6.60. The molecule has 10 heavy (non-hydrogen) atoms. The predicted molar refractivity (Wildman–Crippen MR) is 40.6 cm³/mol. The van der Waals surface area contributed by atoms with Crippen molar-refractivity contribution in [3.05, 3.63) is 30.1 Å². The van der Waals surface area contributed by atoms with Crippen molar-refractivity contribution in [1.82, 2.24) is 4.98 Å². The van der Waals surface area contributed by atoms with Gasteiger partial charge in [0.15, 0.2) is 0 Å². The quantitative estimate of drug-likeness (QED) is 0.527. The second-order valence-electron chi connectivity index (χ2n) is 3.34. The maximum Gasteiger partial charge on any atom is 0.0889 e. The van der Waals surface area contributed by atoms with Gasteiger partial charge in [0.25, 0.3) is 0 Å². The molecule has 1 heterocycles. The maximum absolute atomic E-state index is 3.78. The van der Waals surface area contributed by atoms with Gasteiger partial charge in [-0.2, -0.15) is 0 Å². The first-order valence-electron chi connectivity index (χ1n) is 3.35. The highest BCUT2D eigenvalue weighted by Crippen LogP contribution is 2.19. The van der Waals surface area contributed by atoms with Gasteiger partial charge in [-0.15, -0.1) is 0 Å². The highest BCUT2D eigenvalue weighted by Gasteiger charge is 2.12. The van der Waals surface area contributed by atoms with Gasteiger partial charge in [0.05, 0.1) is 6.20 Å². The van der Waals surface area contributed by atoms with Crippen molar-refractivity contribution in [2.45, 2.75) is 26.2 Å². The number of hydrogen-bond donors (Lipinski definition) is 0. The van der Waals surface area contributed by atoms with E-state index in [2.05, 4.69) is 38.0 Å². The van der Waals surface area contributed by atoms with Crippen LogP contribution in [0.5, 0.6) is 0 Å². The first-order valence-corrected chi connectivity index (χ1v) is 3.35. The lowest BCUT2D eigenvalue weighted by atomic mass is 9.88. The Balaban J connectivity index is 2.97. The lowest BCUT2D eigenvalue weighted by Gasteiger charge is -2.17. The standard InChI is InChI=1S/C9H11N/c1-9(2,3)8-4-6-10-7-5-8/h4,7H,1-3H3. The number of pyridine rings is 1. The fraction of sp³-hybridized carbons (Fsp3) is 0.444. The zero-order valence-electron chi connectivity index (χ0n) is 6.60. The van der Waals surface area contributed by atoms with Crippen molar-refractivity contribution in [2.24, 2.45) is 0 Å². The minimum Gasteiger partial charge on any atom is -0.254 e. The molecule has 0 atom stereocenters. The Morgan fingerprint density at radius 3 is 2.40 bits per heavy atom. The molecule has 1 aromatic rings. The Morgan fingerprint density at radius 2 is 2.10 bits per heavy atom. The van der Waals surface area contributed by atoms with Crippen LogP contribution >= 0.6 is 0 Å². The number of nitrogens with zero attached hydrogens (tertiary/aromatic N) is 1. The summed E-state index contributed by atoms with van der Waals surface area (Å²) in [5, 5.41) is 0. The molecular formula is C9H11N. The summed E-state index contributed by atoms with van der Waals surface area (Å²) in [4.78, 5) is 3.78. The molecular weight excluding hydrogens is 122 g/mol. The molecule has 0 fully saturated rings. The second kappa shape index (κ2) is 2.41. The third kappa shape index (κ3) is 1.56. The number of hydrogen-bond acceptors (Lipinski definition) is 1.